The molecule has 0 bridgehead atoms. The predicted molar refractivity (Wildman–Crippen MR) is 84.1 cm³/mol. The van der Waals surface area contributed by atoms with E-state index in [1.807, 2.05) is 30.3 Å². The zero-order chi connectivity index (χ0) is 16.1. The Kier molecular flexibility index (Phi) is 4.59. The van der Waals surface area contributed by atoms with Gasteiger partial charge in [-0.25, -0.2) is 14.4 Å². The fraction of sp³-hybridized carbons (Fsp3) is 0.111. The van der Waals surface area contributed by atoms with E-state index in [4.69, 9.17) is 4.74 Å². The highest BCUT2D eigenvalue weighted by Crippen LogP contribution is 2.29. The molecule has 0 aliphatic rings. The van der Waals surface area contributed by atoms with E-state index in [0.717, 1.165) is 18.0 Å². The van der Waals surface area contributed by atoms with Crippen LogP contribution in [-0.2, 0) is 13.2 Å². The average molecular weight is 310 g/mol. The van der Waals surface area contributed by atoms with Gasteiger partial charge in [-0.1, -0.05) is 36.4 Å². The van der Waals surface area contributed by atoms with E-state index in [0.29, 0.717) is 29.3 Å². The second-order valence-electron chi connectivity index (χ2n) is 4.99. The van der Waals surface area contributed by atoms with Crippen molar-refractivity contribution in [2.45, 2.75) is 13.2 Å². The lowest BCUT2D eigenvalue weighted by atomic mass is 10.1. The van der Waals surface area contributed by atoms with Gasteiger partial charge in [0.25, 0.3) is 0 Å². The molecule has 3 aromatic rings. The molecule has 0 aliphatic heterocycles. The van der Waals surface area contributed by atoms with E-state index < -0.39 is 5.82 Å². The van der Waals surface area contributed by atoms with Crippen LogP contribution < -0.4 is 4.74 Å². The summed E-state index contributed by atoms with van der Waals surface area (Å²) < 4.78 is 18.9. The van der Waals surface area contributed by atoms with E-state index in [9.17, 15) is 9.50 Å². The topological polar surface area (TPSA) is 55.2 Å². The summed E-state index contributed by atoms with van der Waals surface area (Å²) in [7, 11) is 0. The first-order chi connectivity index (χ1) is 11.3. The van der Waals surface area contributed by atoms with Crippen LogP contribution in [0.25, 0.3) is 11.4 Å². The molecule has 0 radical (unpaired) electrons. The Hall–Kier alpha value is -2.79. The fourth-order valence-electron chi connectivity index (χ4n) is 2.16. The van der Waals surface area contributed by atoms with Crippen LogP contribution in [0.4, 0.5) is 4.39 Å². The summed E-state index contributed by atoms with van der Waals surface area (Å²) >= 11 is 0. The molecule has 0 atom stereocenters. The largest absolute Gasteiger partial charge is 0.488 e. The van der Waals surface area contributed by atoms with Crippen molar-refractivity contribution >= 4 is 0 Å². The second kappa shape index (κ2) is 6.98. The van der Waals surface area contributed by atoms with Gasteiger partial charge in [-0.15, -0.1) is 0 Å². The Labute approximate surface area is 133 Å². The summed E-state index contributed by atoms with van der Waals surface area (Å²) in [6.45, 7) is 0.292. The van der Waals surface area contributed by atoms with Gasteiger partial charge in [-0.3, -0.25) is 0 Å². The molecule has 0 saturated carbocycles. The molecule has 0 amide bonds. The smallest absolute Gasteiger partial charge is 0.163 e. The van der Waals surface area contributed by atoms with Gasteiger partial charge in [0.05, 0.1) is 24.6 Å². The highest BCUT2D eigenvalue weighted by molar-refractivity contribution is 5.65. The Bertz CT molecular complexity index is 777. The first-order valence-electron chi connectivity index (χ1n) is 7.14. The Balaban J connectivity index is 1.91. The van der Waals surface area contributed by atoms with E-state index in [2.05, 4.69) is 9.97 Å². The summed E-state index contributed by atoms with van der Waals surface area (Å²) in [5.74, 6) is 0.432. The molecule has 0 fully saturated rings. The van der Waals surface area contributed by atoms with Gasteiger partial charge >= 0.3 is 0 Å². The van der Waals surface area contributed by atoms with Crippen LogP contribution in [0, 0.1) is 5.82 Å². The van der Waals surface area contributed by atoms with E-state index in [1.54, 1.807) is 18.2 Å². The molecule has 1 heterocycles. The first-order valence-corrected chi connectivity index (χ1v) is 7.14. The molecule has 0 aliphatic carbocycles. The number of nitrogens with zero attached hydrogens (tertiary/aromatic N) is 2. The molecule has 116 valence electrons. The van der Waals surface area contributed by atoms with Gasteiger partial charge in [-0.05, 0) is 23.3 Å². The van der Waals surface area contributed by atoms with Gasteiger partial charge in [0, 0.05) is 0 Å². The zero-order valence-corrected chi connectivity index (χ0v) is 12.3. The van der Waals surface area contributed by atoms with Crippen LogP contribution in [0.1, 0.15) is 11.1 Å². The molecular weight excluding hydrogens is 295 g/mol. The standard InChI is InChI=1S/C18H15FN2O2/c19-15-9-20-18(21-10-15)16-8-14(11-22)6-7-17(16)23-12-13-4-2-1-3-5-13/h1-10,22H,11-12H2. The lowest BCUT2D eigenvalue weighted by Crippen LogP contribution is -2.00. The Morgan fingerprint density at radius 2 is 1.70 bits per heavy atom. The highest BCUT2D eigenvalue weighted by atomic mass is 19.1. The highest BCUT2D eigenvalue weighted by Gasteiger charge is 2.11. The number of hydrogen-bond donors (Lipinski definition) is 1. The lowest BCUT2D eigenvalue weighted by Gasteiger charge is -2.12. The van der Waals surface area contributed by atoms with Gasteiger partial charge in [0.2, 0.25) is 0 Å². The number of aromatic nitrogens is 2. The van der Waals surface area contributed by atoms with Crippen LogP contribution in [0.2, 0.25) is 0 Å². The molecule has 0 saturated heterocycles. The minimum absolute atomic E-state index is 0.104. The molecule has 2 aromatic carbocycles. The molecule has 23 heavy (non-hydrogen) atoms. The maximum atomic E-state index is 13.0. The summed E-state index contributed by atoms with van der Waals surface area (Å²) in [6, 6.07) is 15.0. The van der Waals surface area contributed by atoms with E-state index in [-0.39, 0.29) is 6.61 Å². The summed E-state index contributed by atoms with van der Waals surface area (Å²) in [4.78, 5) is 7.98. The van der Waals surface area contributed by atoms with E-state index in [1.165, 1.54) is 0 Å². The molecule has 4 nitrogen and oxygen atoms in total. The number of aliphatic hydroxyl groups excluding tert-OH is 1. The van der Waals surface area contributed by atoms with Crippen LogP contribution in [0.15, 0.2) is 60.9 Å². The van der Waals surface area contributed by atoms with Crippen molar-refractivity contribution in [1.29, 1.82) is 0 Å². The third-order valence-corrected chi connectivity index (χ3v) is 3.32. The van der Waals surface area contributed by atoms with E-state index >= 15 is 0 Å². The van der Waals surface area contributed by atoms with Crippen molar-refractivity contribution in [2.75, 3.05) is 0 Å². The van der Waals surface area contributed by atoms with Gasteiger partial charge in [0.15, 0.2) is 11.6 Å². The lowest BCUT2D eigenvalue weighted by molar-refractivity contribution is 0.281. The molecule has 1 aromatic heterocycles. The van der Waals surface area contributed by atoms with Crippen molar-refractivity contribution in [1.82, 2.24) is 9.97 Å². The van der Waals surface area contributed by atoms with Crippen molar-refractivity contribution < 1.29 is 14.2 Å². The van der Waals surface area contributed by atoms with Crippen molar-refractivity contribution in [2.24, 2.45) is 0 Å². The summed E-state index contributed by atoms with van der Waals surface area (Å²) in [5, 5.41) is 9.31. The Morgan fingerprint density at radius 1 is 0.957 bits per heavy atom. The van der Waals surface area contributed by atoms with Crippen LogP contribution in [0.3, 0.4) is 0 Å². The molecule has 3 rings (SSSR count). The normalized spacial score (nSPS) is 10.5. The van der Waals surface area contributed by atoms with Crippen molar-refractivity contribution in [3.05, 3.63) is 77.9 Å². The SMILES string of the molecule is OCc1ccc(OCc2ccccc2)c(-c2ncc(F)cn2)c1. The number of hydrogen-bond acceptors (Lipinski definition) is 4. The molecule has 5 heteroatoms. The summed E-state index contributed by atoms with van der Waals surface area (Å²) in [5.41, 5.74) is 2.36. The maximum Gasteiger partial charge on any atom is 0.163 e. The first kappa shape index (κ1) is 15.1. The second-order valence-corrected chi connectivity index (χ2v) is 4.99. The minimum Gasteiger partial charge on any atom is -0.488 e. The minimum atomic E-state index is -0.501. The third kappa shape index (κ3) is 3.70. The van der Waals surface area contributed by atoms with Crippen molar-refractivity contribution in [3.8, 4) is 17.1 Å². The molecule has 0 spiro atoms. The monoisotopic (exact) mass is 310 g/mol. The summed E-state index contributed by atoms with van der Waals surface area (Å²) in [6.07, 6.45) is 2.21. The number of ether oxygens (including phenoxy) is 1. The van der Waals surface area contributed by atoms with Crippen LogP contribution in [-0.4, -0.2) is 15.1 Å². The van der Waals surface area contributed by atoms with Gasteiger partial charge < -0.3 is 9.84 Å². The van der Waals surface area contributed by atoms with Crippen molar-refractivity contribution in [3.63, 3.8) is 0 Å². The zero-order valence-electron chi connectivity index (χ0n) is 12.3. The molecule has 1 N–H and O–H groups in total. The fourth-order valence-corrected chi connectivity index (χ4v) is 2.16. The number of halogens is 1. The molecule has 0 unspecified atom stereocenters. The quantitative estimate of drug-likeness (QED) is 0.785. The third-order valence-electron chi connectivity index (χ3n) is 3.32. The van der Waals surface area contributed by atoms with Gasteiger partial charge in [0.1, 0.15) is 12.4 Å². The number of rotatable bonds is 5. The maximum absolute atomic E-state index is 13.0. The molecular formula is C18H15FN2O2. The van der Waals surface area contributed by atoms with Crippen LogP contribution >= 0.6 is 0 Å². The van der Waals surface area contributed by atoms with Crippen LogP contribution in [0.5, 0.6) is 5.75 Å². The number of aliphatic hydroxyl groups is 1. The number of benzene rings is 2. The predicted octanol–water partition coefficient (Wildman–Crippen LogP) is 3.35. The van der Waals surface area contributed by atoms with Gasteiger partial charge in [-0.2, -0.15) is 0 Å². The Morgan fingerprint density at radius 3 is 2.39 bits per heavy atom. The average Bonchev–Trinajstić information content (AvgIpc) is 2.61.